The van der Waals surface area contributed by atoms with E-state index < -0.39 is 17.9 Å². The van der Waals surface area contributed by atoms with Crippen molar-refractivity contribution in [1.29, 1.82) is 0 Å². The molecule has 0 saturated carbocycles. The summed E-state index contributed by atoms with van der Waals surface area (Å²) in [6.07, 6.45) is -0.655. The maximum atomic E-state index is 14.1. The number of ether oxygens (including phenoxy) is 1. The van der Waals surface area contributed by atoms with Gasteiger partial charge in [0.25, 0.3) is 0 Å². The summed E-state index contributed by atoms with van der Waals surface area (Å²) in [5, 5.41) is 51.5. The zero-order valence-corrected chi connectivity index (χ0v) is 18.2. The molecule has 0 fully saturated rings. The molecule has 4 aromatic carbocycles. The molecule has 1 aliphatic carbocycles. The number of carbonyl (C=O) groups excluding carboxylic acids is 1. The third-order valence-corrected chi connectivity index (χ3v) is 6.77. The maximum Gasteiger partial charge on any atom is 0.175 e. The minimum Gasteiger partial charge on any atom is -0.508 e. The highest BCUT2D eigenvalue weighted by atomic mass is 16.5. The Morgan fingerprint density at radius 2 is 1.23 bits per heavy atom. The van der Waals surface area contributed by atoms with E-state index in [2.05, 4.69) is 0 Å². The highest BCUT2D eigenvalue weighted by Gasteiger charge is 2.47. The van der Waals surface area contributed by atoms with Crippen molar-refractivity contribution in [3.63, 3.8) is 0 Å². The minimum absolute atomic E-state index is 0.0325. The van der Waals surface area contributed by atoms with E-state index in [9.17, 15) is 30.3 Å². The van der Waals surface area contributed by atoms with Crippen molar-refractivity contribution in [3.05, 3.63) is 106 Å². The van der Waals surface area contributed by atoms with Gasteiger partial charge in [0.2, 0.25) is 0 Å². The number of hydrogen-bond donors (Lipinski definition) is 5. The van der Waals surface area contributed by atoms with Crippen LogP contribution in [0.4, 0.5) is 0 Å². The van der Waals surface area contributed by atoms with E-state index in [1.807, 2.05) is 0 Å². The normalized spacial score (nSPS) is 20.0. The van der Waals surface area contributed by atoms with Crippen molar-refractivity contribution in [2.45, 2.75) is 17.9 Å². The van der Waals surface area contributed by atoms with Gasteiger partial charge in [0, 0.05) is 28.8 Å². The van der Waals surface area contributed by atoms with Gasteiger partial charge in [-0.25, -0.2) is 0 Å². The van der Waals surface area contributed by atoms with Crippen molar-refractivity contribution in [2.24, 2.45) is 0 Å². The summed E-state index contributed by atoms with van der Waals surface area (Å²) < 4.78 is 6.25. The smallest absolute Gasteiger partial charge is 0.175 e. The van der Waals surface area contributed by atoms with Crippen LogP contribution in [-0.2, 0) is 0 Å². The number of fused-ring (bicyclic) bond motifs is 2. The van der Waals surface area contributed by atoms with Crippen LogP contribution in [0.2, 0.25) is 0 Å². The fourth-order valence-corrected chi connectivity index (χ4v) is 5.32. The van der Waals surface area contributed by atoms with Crippen LogP contribution in [0.15, 0.2) is 72.8 Å². The molecule has 4 aromatic rings. The van der Waals surface area contributed by atoms with Crippen LogP contribution < -0.4 is 4.74 Å². The van der Waals surface area contributed by atoms with Gasteiger partial charge in [-0.15, -0.1) is 0 Å². The van der Waals surface area contributed by atoms with Gasteiger partial charge in [0.15, 0.2) is 5.78 Å². The summed E-state index contributed by atoms with van der Waals surface area (Å²) in [5.41, 5.74) is 2.88. The Kier molecular flexibility index (Phi) is 4.44. The van der Waals surface area contributed by atoms with Gasteiger partial charge < -0.3 is 30.3 Å². The zero-order valence-electron chi connectivity index (χ0n) is 18.2. The second kappa shape index (κ2) is 7.43. The second-order valence-corrected chi connectivity index (χ2v) is 8.87. The first-order valence-corrected chi connectivity index (χ1v) is 11.0. The number of Topliss-reactive ketones (excluding diaryl/α,β-unsaturated/α-hetero) is 1. The molecule has 0 unspecified atom stereocenters. The average molecular weight is 468 g/mol. The molecular formula is C28H20O7. The summed E-state index contributed by atoms with van der Waals surface area (Å²) in [4.78, 5) is 14.1. The summed E-state index contributed by atoms with van der Waals surface area (Å²) in [6, 6.07) is 18.2. The molecule has 5 N–H and O–H groups in total. The first kappa shape index (κ1) is 20.9. The van der Waals surface area contributed by atoms with Crippen molar-refractivity contribution < 1.29 is 35.1 Å². The molecule has 1 heterocycles. The van der Waals surface area contributed by atoms with Gasteiger partial charge in [-0.05, 0) is 53.1 Å². The van der Waals surface area contributed by atoms with Crippen LogP contribution in [0, 0.1) is 0 Å². The molecule has 0 bridgehead atoms. The van der Waals surface area contributed by atoms with E-state index in [0.29, 0.717) is 33.6 Å². The van der Waals surface area contributed by atoms with Crippen LogP contribution in [0.3, 0.4) is 0 Å². The standard InChI is InChI=1S/C28H20O7/c29-15-5-1-13(2-6-15)23-24-19(9-17(31)11-21(24)33)26-25-20(27(23)34)10-18(32)12-22(25)35-28(26)14-3-7-16(30)8-4-14/h1-12,23,26,28-33H/t23-,26-,28+/m1/s1. The van der Waals surface area contributed by atoms with Crippen molar-refractivity contribution in [2.75, 3.05) is 0 Å². The predicted octanol–water partition coefficient (Wildman–Crippen LogP) is 4.81. The molecule has 0 aromatic heterocycles. The van der Waals surface area contributed by atoms with E-state index in [1.54, 1.807) is 24.3 Å². The average Bonchev–Trinajstić information content (AvgIpc) is 3.15. The Hall–Kier alpha value is -4.65. The Labute approximate surface area is 199 Å². The number of phenolic OH excluding ortho intramolecular Hbond substituents is 5. The van der Waals surface area contributed by atoms with E-state index in [-0.39, 0.29) is 40.1 Å². The topological polar surface area (TPSA) is 127 Å². The number of ketones is 1. The van der Waals surface area contributed by atoms with E-state index >= 15 is 0 Å². The molecule has 0 spiro atoms. The largest absolute Gasteiger partial charge is 0.508 e. The third-order valence-electron chi connectivity index (χ3n) is 6.77. The lowest BCUT2D eigenvalue weighted by Gasteiger charge is -2.24. The molecule has 6 rings (SSSR count). The molecule has 0 amide bonds. The molecule has 0 saturated heterocycles. The van der Waals surface area contributed by atoms with Crippen molar-refractivity contribution in [1.82, 2.24) is 0 Å². The summed E-state index contributed by atoms with van der Waals surface area (Å²) in [5.74, 6) is -2.02. The minimum atomic E-state index is -0.955. The molecule has 174 valence electrons. The van der Waals surface area contributed by atoms with E-state index in [1.165, 1.54) is 48.5 Å². The van der Waals surface area contributed by atoms with Crippen LogP contribution >= 0.6 is 0 Å². The highest BCUT2D eigenvalue weighted by molar-refractivity contribution is 6.07. The van der Waals surface area contributed by atoms with Gasteiger partial charge in [0.05, 0.1) is 11.8 Å². The molecular weight excluding hydrogens is 448 g/mol. The van der Waals surface area contributed by atoms with E-state index in [0.717, 1.165) is 0 Å². The molecule has 1 aliphatic heterocycles. The first-order chi connectivity index (χ1) is 16.8. The van der Waals surface area contributed by atoms with Crippen LogP contribution in [0.25, 0.3) is 0 Å². The Bertz CT molecular complexity index is 1490. The lowest BCUT2D eigenvalue weighted by atomic mass is 9.80. The predicted molar refractivity (Wildman–Crippen MR) is 125 cm³/mol. The van der Waals surface area contributed by atoms with Crippen LogP contribution in [0.5, 0.6) is 34.5 Å². The Balaban J connectivity index is 1.68. The van der Waals surface area contributed by atoms with E-state index in [4.69, 9.17) is 4.74 Å². The fourth-order valence-electron chi connectivity index (χ4n) is 5.32. The molecule has 3 atom stereocenters. The zero-order chi connectivity index (χ0) is 24.4. The van der Waals surface area contributed by atoms with Gasteiger partial charge in [0.1, 0.15) is 40.6 Å². The lowest BCUT2D eigenvalue weighted by Crippen LogP contribution is -2.16. The number of benzene rings is 4. The molecule has 0 radical (unpaired) electrons. The SMILES string of the molecule is O=C1c2cc(O)cc3c2[C@@H](c2cc(O)cc(O)c2[C@H]1c1ccc(O)cc1)[C@H](c1ccc(O)cc1)O3. The maximum absolute atomic E-state index is 14.1. The summed E-state index contributed by atoms with van der Waals surface area (Å²) >= 11 is 0. The number of carbonyl (C=O) groups is 1. The van der Waals surface area contributed by atoms with Crippen LogP contribution in [-0.4, -0.2) is 31.3 Å². The lowest BCUT2D eigenvalue weighted by molar-refractivity contribution is 0.0972. The summed E-state index contributed by atoms with van der Waals surface area (Å²) in [6.45, 7) is 0. The number of aromatic hydroxyl groups is 5. The fraction of sp³-hybridized carbons (Fsp3) is 0.107. The number of hydrogen-bond acceptors (Lipinski definition) is 7. The number of phenols is 5. The Morgan fingerprint density at radius 3 is 1.89 bits per heavy atom. The van der Waals surface area contributed by atoms with Gasteiger partial charge >= 0.3 is 0 Å². The quantitative estimate of drug-likeness (QED) is 0.286. The molecule has 7 heteroatoms. The Morgan fingerprint density at radius 1 is 0.629 bits per heavy atom. The molecule has 2 aliphatic rings. The second-order valence-electron chi connectivity index (χ2n) is 8.87. The summed E-state index contributed by atoms with van der Waals surface area (Å²) in [7, 11) is 0. The monoisotopic (exact) mass is 468 g/mol. The number of rotatable bonds is 2. The van der Waals surface area contributed by atoms with Crippen molar-refractivity contribution in [3.8, 4) is 34.5 Å². The first-order valence-electron chi connectivity index (χ1n) is 11.0. The molecule has 35 heavy (non-hydrogen) atoms. The molecule has 7 nitrogen and oxygen atoms in total. The van der Waals surface area contributed by atoms with Gasteiger partial charge in [-0.1, -0.05) is 24.3 Å². The van der Waals surface area contributed by atoms with Gasteiger partial charge in [-0.3, -0.25) is 4.79 Å². The van der Waals surface area contributed by atoms with Crippen LogP contribution in [0.1, 0.15) is 56.1 Å². The highest BCUT2D eigenvalue weighted by Crippen LogP contribution is 2.58. The van der Waals surface area contributed by atoms with Gasteiger partial charge in [-0.2, -0.15) is 0 Å². The third kappa shape index (κ3) is 3.16. The van der Waals surface area contributed by atoms with Crippen molar-refractivity contribution >= 4 is 5.78 Å².